The molecule has 0 spiro atoms. The first kappa shape index (κ1) is 13.2. The second kappa shape index (κ2) is 6.04. The summed E-state index contributed by atoms with van der Waals surface area (Å²) in [4.78, 5) is 4.24. The quantitative estimate of drug-likeness (QED) is 0.803. The monoisotopic (exact) mass is 223 g/mol. The van der Waals surface area contributed by atoms with Crippen LogP contribution in [0.4, 0.5) is 0 Å². The van der Waals surface area contributed by atoms with Gasteiger partial charge in [-0.25, -0.2) is 4.98 Å². The highest BCUT2D eigenvalue weighted by Crippen LogP contribution is 2.23. The number of hydrogen-bond donors (Lipinski definition) is 1. The van der Waals surface area contributed by atoms with Crippen LogP contribution in [-0.2, 0) is 13.1 Å². The minimum absolute atomic E-state index is 0.713. The van der Waals surface area contributed by atoms with Gasteiger partial charge >= 0.3 is 0 Å². The number of rotatable bonds is 6. The Hall–Kier alpha value is -0.830. The molecular formula is C13H25N3. The predicted molar refractivity (Wildman–Crippen MR) is 68.2 cm³/mol. The fraction of sp³-hybridized carbons (Fsp3) is 0.769. The molecule has 0 atom stereocenters. The molecule has 0 aromatic carbocycles. The summed E-state index contributed by atoms with van der Waals surface area (Å²) in [6.45, 7) is 11.2. The Morgan fingerprint density at radius 3 is 2.38 bits per heavy atom. The fourth-order valence-corrected chi connectivity index (χ4v) is 2.26. The summed E-state index contributed by atoms with van der Waals surface area (Å²) in [5.41, 5.74) is 1.27. The molecule has 1 heterocycles. The van der Waals surface area contributed by atoms with Crippen molar-refractivity contribution in [1.29, 1.82) is 0 Å². The molecule has 1 rings (SSSR count). The normalized spacial score (nSPS) is 12.0. The molecule has 3 heteroatoms. The van der Waals surface area contributed by atoms with E-state index in [9.17, 15) is 0 Å². The number of nitrogens with one attached hydrogen (secondary N) is 1. The van der Waals surface area contributed by atoms with E-state index in [0.717, 1.165) is 13.1 Å². The van der Waals surface area contributed by atoms with E-state index in [2.05, 4.69) is 42.6 Å². The fourth-order valence-electron chi connectivity index (χ4n) is 2.26. The van der Waals surface area contributed by atoms with E-state index in [4.69, 9.17) is 0 Å². The molecule has 1 N–H and O–H groups in total. The SMILES string of the molecule is CNCc1cncn1CC(C(C)C)C(C)C. The van der Waals surface area contributed by atoms with Gasteiger partial charge in [0, 0.05) is 19.3 Å². The number of aromatic nitrogens is 2. The highest BCUT2D eigenvalue weighted by Gasteiger charge is 2.18. The van der Waals surface area contributed by atoms with Gasteiger partial charge in [-0.1, -0.05) is 27.7 Å². The molecule has 0 aliphatic rings. The summed E-state index contributed by atoms with van der Waals surface area (Å²) < 4.78 is 2.28. The molecule has 0 bridgehead atoms. The molecule has 0 aliphatic carbocycles. The molecule has 0 saturated heterocycles. The predicted octanol–water partition coefficient (Wildman–Crippen LogP) is 2.53. The van der Waals surface area contributed by atoms with Gasteiger partial charge in [0.15, 0.2) is 0 Å². The van der Waals surface area contributed by atoms with E-state index < -0.39 is 0 Å². The van der Waals surface area contributed by atoms with E-state index in [1.54, 1.807) is 0 Å². The Morgan fingerprint density at radius 1 is 1.25 bits per heavy atom. The van der Waals surface area contributed by atoms with Crippen LogP contribution in [0.3, 0.4) is 0 Å². The first-order valence-corrected chi connectivity index (χ1v) is 6.19. The Labute approximate surface area is 99.3 Å². The average molecular weight is 223 g/mol. The summed E-state index contributed by atoms with van der Waals surface area (Å²) in [5, 5.41) is 3.18. The van der Waals surface area contributed by atoms with Crippen molar-refractivity contribution in [2.75, 3.05) is 7.05 Å². The molecule has 0 aliphatic heterocycles. The van der Waals surface area contributed by atoms with Gasteiger partial charge in [0.25, 0.3) is 0 Å². The van der Waals surface area contributed by atoms with Gasteiger partial charge in [-0.05, 0) is 24.8 Å². The van der Waals surface area contributed by atoms with E-state index in [0.29, 0.717) is 17.8 Å². The number of nitrogens with zero attached hydrogens (tertiary/aromatic N) is 2. The highest BCUT2D eigenvalue weighted by atomic mass is 15.1. The van der Waals surface area contributed by atoms with Gasteiger partial charge < -0.3 is 9.88 Å². The van der Waals surface area contributed by atoms with Crippen molar-refractivity contribution in [3.05, 3.63) is 18.2 Å². The lowest BCUT2D eigenvalue weighted by Gasteiger charge is -2.26. The highest BCUT2D eigenvalue weighted by molar-refractivity contribution is 4.98. The van der Waals surface area contributed by atoms with Gasteiger partial charge in [0.1, 0.15) is 0 Å². The Balaban J connectivity index is 2.73. The van der Waals surface area contributed by atoms with E-state index in [1.807, 2.05) is 19.6 Å². The molecule has 0 unspecified atom stereocenters. The van der Waals surface area contributed by atoms with Crippen LogP contribution < -0.4 is 5.32 Å². The zero-order chi connectivity index (χ0) is 12.1. The zero-order valence-corrected chi connectivity index (χ0v) is 11.2. The summed E-state index contributed by atoms with van der Waals surface area (Å²) in [6, 6.07) is 0. The maximum absolute atomic E-state index is 4.24. The van der Waals surface area contributed by atoms with Crippen molar-refractivity contribution < 1.29 is 0 Å². The number of hydrogen-bond acceptors (Lipinski definition) is 2. The minimum atomic E-state index is 0.713. The second-order valence-electron chi connectivity index (χ2n) is 5.22. The molecule has 0 saturated carbocycles. The molecule has 0 fully saturated rings. The van der Waals surface area contributed by atoms with Gasteiger partial charge in [-0.15, -0.1) is 0 Å². The molecule has 1 aromatic heterocycles. The summed E-state index contributed by atoms with van der Waals surface area (Å²) >= 11 is 0. The lowest BCUT2D eigenvalue weighted by molar-refractivity contribution is 0.249. The Bertz CT molecular complexity index is 294. The smallest absolute Gasteiger partial charge is 0.0948 e. The summed E-state index contributed by atoms with van der Waals surface area (Å²) in [6.07, 6.45) is 3.90. The standard InChI is InChI=1S/C13H25N3/c1-10(2)13(11(3)4)8-16-9-15-7-12(16)6-14-5/h7,9-11,13-14H,6,8H2,1-5H3. The molecule has 0 amide bonds. The summed E-state index contributed by atoms with van der Waals surface area (Å²) in [7, 11) is 1.97. The first-order chi connectivity index (χ1) is 7.56. The minimum Gasteiger partial charge on any atom is -0.333 e. The van der Waals surface area contributed by atoms with E-state index in [-0.39, 0.29) is 0 Å². The van der Waals surface area contributed by atoms with Crippen LogP contribution in [-0.4, -0.2) is 16.6 Å². The maximum Gasteiger partial charge on any atom is 0.0948 e. The van der Waals surface area contributed by atoms with Crippen LogP contribution >= 0.6 is 0 Å². The van der Waals surface area contributed by atoms with Crippen LogP contribution in [0.5, 0.6) is 0 Å². The third kappa shape index (κ3) is 3.34. The van der Waals surface area contributed by atoms with Gasteiger partial charge in [-0.3, -0.25) is 0 Å². The molecule has 3 nitrogen and oxygen atoms in total. The lowest BCUT2D eigenvalue weighted by atomic mass is 9.85. The molecule has 92 valence electrons. The van der Waals surface area contributed by atoms with Gasteiger partial charge in [-0.2, -0.15) is 0 Å². The third-order valence-corrected chi connectivity index (χ3v) is 3.28. The molecule has 1 aromatic rings. The second-order valence-corrected chi connectivity index (χ2v) is 5.22. The van der Waals surface area contributed by atoms with Crippen LogP contribution in [0.2, 0.25) is 0 Å². The van der Waals surface area contributed by atoms with Crippen molar-refractivity contribution in [2.24, 2.45) is 17.8 Å². The first-order valence-electron chi connectivity index (χ1n) is 6.19. The van der Waals surface area contributed by atoms with Crippen LogP contribution in [0.1, 0.15) is 33.4 Å². The lowest BCUT2D eigenvalue weighted by Crippen LogP contribution is -2.23. The van der Waals surface area contributed by atoms with Crippen LogP contribution in [0.15, 0.2) is 12.5 Å². The third-order valence-electron chi connectivity index (χ3n) is 3.28. The van der Waals surface area contributed by atoms with E-state index >= 15 is 0 Å². The van der Waals surface area contributed by atoms with E-state index in [1.165, 1.54) is 5.69 Å². The van der Waals surface area contributed by atoms with Gasteiger partial charge in [0.2, 0.25) is 0 Å². The number of imidazole rings is 1. The van der Waals surface area contributed by atoms with Crippen LogP contribution in [0.25, 0.3) is 0 Å². The Morgan fingerprint density at radius 2 is 1.88 bits per heavy atom. The average Bonchev–Trinajstić information content (AvgIpc) is 2.61. The zero-order valence-electron chi connectivity index (χ0n) is 11.2. The van der Waals surface area contributed by atoms with Crippen molar-refractivity contribution in [2.45, 2.75) is 40.8 Å². The largest absolute Gasteiger partial charge is 0.333 e. The molecule has 16 heavy (non-hydrogen) atoms. The van der Waals surface area contributed by atoms with Crippen molar-refractivity contribution in [1.82, 2.24) is 14.9 Å². The Kier molecular flexibility index (Phi) is 5.00. The van der Waals surface area contributed by atoms with Gasteiger partial charge in [0.05, 0.1) is 12.0 Å². The molecular weight excluding hydrogens is 198 g/mol. The topological polar surface area (TPSA) is 29.9 Å². The summed E-state index contributed by atoms with van der Waals surface area (Å²) in [5.74, 6) is 2.14. The maximum atomic E-state index is 4.24. The molecule has 0 radical (unpaired) electrons. The van der Waals surface area contributed by atoms with Crippen LogP contribution in [0, 0.1) is 17.8 Å². The van der Waals surface area contributed by atoms with Crippen molar-refractivity contribution in [3.63, 3.8) is 0 Å². The van der Waals surface area contributed by atoms with Crippen molar-refractivity contribution in [3.8, 4) is 0 Å². The van der Waals surface area contributed by atoms with Crippen molar-refractivity contribution >= 4 is 0 Å².